The number of hydrogen-bond donors (Lipinski definition) is 1. The zero-order valence-electron chi connectivity index (χ0n) is 7.17. The first-order valence-corrected chi connectivity index (χ1v) is 5.31. The SMILES string of the molecule is CCc1cc2ccc(O)c(Cl)c2s1. The largest absolute Gasteiger partial charge is 0.506 e. The Bertz CT molecular complexity index is 447. The predicted molar refractivity (Wildman–Crippen MR) is 57.9 cm³/mol. The summed E-state index contributed by atoms with van der Waals surface area (Å²) in [5, 5.41) is 11.0. The van der Waals surface area contributed by atoms with Crippen LogP contribution in [0.2, 0.25) is 5.02 Å². The molecule has 1 aromatic carbocycles. The Labute approximate surface area is 85.6 Å². The van der Waals surface area contributed by atoms with Gasteiger partial charge in [0, 0.05) is 4.88 Å². The fourth-order valence-electron chi connectivity index (χ4n) is 1.29. The van der Waals surface area contributed by atoms with Gasteiger partial charge in [-0.3, -0.25) is 0 Å². The number of benzene rings is 1. The highest BCUT2D eigenvalue weighted by Gasteiger charge is 2.07. The molecule has 0 radical (unpaired) electrons. The molecule has 2 aromatic rings. The summed E-state index contributed by atoms with van der Waals surface area (Å²) < 4.78 is 0.985. The Hall–Kier alpha value is -0.730. The van der Waals surface area contributed by atoms with Gasteiger partial charge in [0.1, 0.15) is 10.8 Å². The molecule has 1 nitrogen and oxygen atoms in total. The van der Waals surface area contributed by atoms with E-state index in [1.807, 2.05) is 6.07 Å². The average Bonchev–Trinajstić information content (AvgIpc) is 2.55. The van der Waals surface area contributed by atoms with Crippen LogP contribution in [0.5, 0.6) is 5.75 Å². The van der Waals surface area contributed by atoms with Gasteiger partial charge in [0.25, 0.3) is 0 Å². The minimum Gasteiger partial charge on any atom is -0.506 e. The second-order valence-electron chi connectivity index (χ2n) is 2.88. The van der Waals surface area contributed by atoms with Crippen LogP contribution in [0.15, 0.2) is 18.2 Å². The first kappa shape index (κ1) is 8.85. The lowest BCUT2D eigenvalue weighted by Gasteiger charge is -1.95. The Balaban J connectivity index is 2.76. The number of hydrogen-bond acceptors (Lipinski definition) is 2. The van der Waals surface area contributed by atoms with E-state index < -0.39 is 0 Å². The molecule has 0 fully saturated rings. The first-order chi connectivity index (χ1) is 6.22. The van der Waals surface area contributed by atoms with Crippen molar-refractivity contribution in [3.05, 3.63) is 28.1 Å². The molecular weight excluding hydrogens is 204 g/mol. The third-order valence-corrected chi connectivity index (χ3v) is 3.81. The molecule has 3 heteroatoms. The van der Waals surface area contributed by atoms with E-state index in [1.54, 1.807) is 17.4 Å². The second-order valence-corrected chi connectivity index (χ2v) is 4.40. The minimum absolute atomic E-state index is 0.165. The van der Waals surface area contributed by atoms with E-state index >= 15 is 0 Å². The Morgan fingerprint density at radius 1 is 1.46 bits per heavy atom. The van der Waals surface area contributed by atoms with Crippen molar-refractivity contribution in [1.29, 1.82) is 0 Å². The van der Waals surface area contributed by atoms with Crippen LogP contribution in [0.3, 0.4) is 0 Å². The molecule has 1 heterocycles. The normalized spacial score (nSPS) is 10.9. The number of phenols is 1. The van der Waals surface area contributed by atoms with Crippen LogP contribution in [0.1, 0.15) is 11.8 Å². The van der Waals surface area contributed by atoms with Crippen LogP contribution in [0.25, 0.3) is 10.1 Å². The van der Waals surface area contributed by atoms with Crippen molar-refractivity contribution in [2.45, 2.75) is 13.3 Å². The van der Waals surface area contributed by atoms with E-state index in [9.17, 15) is 5.11 Å². The van der Waals surface area contributed by atoms with Crippen LogP contribution in [0.4, 0.5) is 0 Å². The number of halogens is 1. The Morgan fingerprint density at radius 2 is 2.23 bits per heavy atom. The average molecular weight is 213 g/mol. The second kappa shape index (κ2) is 3.20. The van der Waals surface area contributed by atoms with Crippen LogP contribution in [-0.4, -0.2) is 5.11 Å². The zero-order valence-corrected chi connectivity index (χ0v) is 8.75. The Kier molecular flexibility index (Phi) is 2.18. The van der Waals surface area contributed by atoms with Crippen molar-refractivity contribution in [1.82, 2.24) is 0 Å². The van der Waals surface area contributed by atoms with Gasteiger partial charge in [-0.2, -0.15) is 0 Å². The molecule has 13 heavy (non-hydrogen) atoms. The topological polar surface area (TPSA) is 20.2 Å². The van der Waals surface area contributed by atoms with Crippen molar-refractivity contribution in [2.75, 3.05) is 0 Å². The zero-order chi connectivity index (χ0) is 9.42. The van der Waals surface area contributed by atoms with Gasteiger partial charge in [-0.1, -0.05) is 18.5 Å². The molecule has 0 aliphatic carbocycles. The maximum atomic E-state index is 9.37. The third-order valence-electron chi connectivity index (χ3n) is 2.01. The number of thiophene rings is 1. The maximum absolute atomic E-state index is 9.37. The van der Waals surface area contributed by atoms with Crippen molar-refractivity contribution >= 4 is 33.0 Å². The van der Waals surface area contributed by atoms with E-state index in [2.05, 4.69) is 13.0 Å². The highest BCUT2D eigenvalue weighted by atomic mass is 35.5. The monoisotopic (exact) mass is 212 g/mol. The maximum Gasteiger partial charge on any atom is 0.135 e. The van der Waals surface area contributed by atoms with E-state index in [0.29, 0.717) is 5.02 Å². The third kappa shape index (κ3) is 1.40. The minimum atomic E-state index is 0.165. The summed E-state index contributed by atoms with van der Waals surface area (Å²) in [6.45, 7) is 2.11. The van der Waals surface area contributed by atoms with Crippen molar-refractivity contribution < 1.29 is 5.11 Å². The number of aryl methyl sites for hydroxylation is 1. The summed E-state index contributed by atoms with van der Waals surface area (Å²) in [5.74, 6) is 0.165. The molecule has 0 bridgehead atoms. The molecule has 0 spiro atoms. The summed E-state index contributed by atoms with van der Waals surface area (Å²) in [7, 11) is 0. The molecule has 0 saturated carbocycles. The molecule has 0 unspecified atom stereocenters. The molecule has 0 aliphatic heterocycles. The van der Waals surface area contributed by atoms with Crippen molar-refractivity contribution in [3.63, 3.8) is 0 Å². The van der Waals surface area contributed by atoms with Gasteiger partial charge in [0.15, 0.2) is 0 Å². The summed E-state index contributed by atoms with van der Waals surface area (Å²) in [6, 6.07) is 5.65. The molecule has 0 atom stereocenters. The van der Waals surface area contributed by atoms with Gasteiger partial charge >= 0.3 is 0 Å². The van der Waals surface area contributed by atoms with E-state index in [1.165, 1.54) is 4.88 Å². The summed E-state index contributed by atoms with van der Waals surface area (Å²) in [6.07, 6.45) is 1.01. The highest BCUT2D eigenvalue weighted by molar-refractivity contribution is 7.19. The molecule has 0 aliphatic rings. The molecule has 0 amide bonds. The van der Waals surface area contributed by atoms with Crippen LogP contribution in [-0.2, 0) is 6.42 Å². The number of aromatic hydroxyl groups is 1. The molecule has 0 saturated heterocycles. The van der Waals surface area contributed by atoms with Crippen LogP contribution in [0, 0.1) is 0 Å². The van der Waals surface area contributed by atoms with Gasteiger partial charge in [-0.15, -0.1) is 11.3 Å². The lowest BCUT2D eigenvalue weighted by atomic mass is 10.2. The van der Waals surface area contributed by atoms with Gasteiger partial charge in [-0.05, 0) is 30.0 Å². The molecule has 2 rings (SSSR count). The number of fused-ring (bicyclic) bond motifs is 1. The van der Waals surface area contributed by atoms with E-state index in [0.717, 1.165) is 16.5 Å². The fourth-order valence-corrected chi connectivity index (χ4v) is 2.61. The van der Waals surface area contributed by atoms with Gasteiger partial charge in [0.2, 0.25) is 0 Å². The number of phenolic OH excluding ortho intramolecular Hbond substituents is 1. The summed E-state index contributed by atoms with van der Waals surface area (Å²) in [5.41, 5.74) is 0. The highest BCUT2D eigenvalue weighted by Crippen LogP contribution is 2.37. The van der Waals surface area contributed by atoms with Crippen LogP contribution < -0.4 is 0 Å². The lowest BCUT2D eigenvalue weighted by Crippen LogP contribution is -1.67. The smallest absolute Gasteiger partial charge is 0.135 e. The molecular formula is C10H9ClOS. The number of rotatable bonds is 1. The van der Waals surface area contributed by atoms with E-state index in [-0.39, 0.29) is 5.75 Å². The predicted octanol–water partition coefficient (Wildman–Crippen LogP) is 3.82. The first-order valence-electron chi connectivity index (χ1n) is 4.12. The fraction of sp³-hybridized carbons (Fsp3) is 0.200. The molecule has 1 N–H and O–H groups in total. The van der Waals surface area contributed by atoms with Gasteiger partial charge in [-0.25, -0.2) is 0 Å². The molecule has 1 aromatic heterocycles. The lowest BCUT2D eigenvalue weighted by molar-refractivity contribution is 0.476. The standard InChI is InChI=1S/C10H9ClOS/c1-2-7-5-6-3-4-8(12)9(11)10(6)13-7/h3-5,12H,2H2,1H3. The summed E-state index contributed by atoms with van der Waals surface area (Å²) >= 11 is 7.60. The van der Waals surface area contributed by atoms with Crippen molar-refractivity contribution in [2.24, 2.45) is 0 Å². The quantitative estimate of drug-likeness (QED) is 0.762. The molecule has 68 valence electrons. The summed E-state index contributed by atoms with van der Waals surface area (Å²) in [4.78, 5) is 1.29. The van der Waals surface area contributed by atoms with Crippen molar-refractivity contribution in [3.8, 4) is 5.75 Å². The van der Waals surface area contributed by atoms with Crippen LogP contribution >= 0.6 is 22.9 Å². The van der Waals surface area contributed by atoms with E-state index in [4.69, 9.17) is 11.6 Å². The Morgan fingerprint density at radius 3 is 2.92 bits per heavy atom. The van der Waals surface area contributed by atoms with Gasteiger partial charge in [0.05, 0.1) is 4.70 Å². The van der Waals surface area contributed by atoms with Gasteiger partial charge < -0.3 is 5.11 Å².